The van der Waals surface area contributed by atoms with E-state index in [2.05, 4.69) is 10.0 Å². The molecule has 0 aromatic heterocycles. The maximum absolute atomic E-state index is 12.1. The van der Waals surface area contributed by atoms with Gasteiger partial charge in [0.2, 0.25) is 0 Å². The third-order valence-corrected chi connectivity index (χ3v) is 5.67. The lowest BCUT2D eigenvalue weighted by Crippen LogP contribution is -2.40. The molecule has 0 spiro atoms. The molecule has 21 heavy (non-hydrogen) atoms. The minimum Gasteiger partial charge on any atom is -0.378 e. The molecule has 6 nitrogen and oxygen atoms in total. The Morgan fingerprint density at radius 2 is 2.00 bits per heavy atom. The average molecular weight is 319 g/mol. The van der Waals surface area contributed by atoms with Crippen molar-refractivity contribution in [3.63, 3.8) is 0 Å². The molecule has 1 aliphatic heterocycles. The van der Waals surface area contributed by atoms with Crippen molar-refractivity contribution in [2.45, 2.75) is 57.1 Å². The molecule has 2 N–H and O–H groups in total. The van der Waals surface area contributed by atoms with Gasteiger partial charge in [-0.1, -0.05) is 0 Å². The molecular formula is C14H29N3O3S. The summed E-state index contributed by atoms with van der Waals surface area (Å²) in [7, 11) is -1.71. The number of rotatable bonds is 10. The molecule has 0 radical (unpaired) electrons. The molecule has 2 rings (SSSR count). The first kappa shape index (κ1) is 17.1. The lowest BCUT2D eigenvalue weighted by Gasteiger charge is -2.23. The zero-order valence-corrected chi connectivity index (χ0v) is 13.8. The monoisotopic (exact) mass is 319 g/mol. The molecule has 124 valence electrons. The average Bonchev–Trinajstić information content (AvgIpc) is 3.28. The van der Waals surface area contributed by atoms with E-state index in [1.165, 1.54) is 23.6 Å². The van der Waals surface area contributed by atoms with Crippen molar-refractivity contribution in [1.82, 2.24) is 14.3 Å². The maximum atomic E-state index is 12.1. The van der Waals surface area contributed by atoms with Crippen LogP contribution in [0, 0.1) is 0 Å². The molecule has 2 fully saturated rings. The highest BCUT2D eigenvalue weighted by Gasteiger charge is 2.21. The summed E-state index contributed by atoms with van der Waals surface area (Å²) in [6, 6.07) is 0.681. The summed E-state index contributed by atoms with van der Waals surface area (Å²) in [6.07, 6.45) is 7.71. The molecule has 1 atom stereocenters. The van der Waals surface area contributed by atoms with Gasteiger partial charge in [-0.15, -0.1) is 0 Å². The highest BCUT2D eigenvalue weighted by molar-refractivity contribution is 7.87. The molecule has 0 aromatic carbocycles. The van der Waals surface area contributed by atoms with Crippen molar-refractivity contribution in [1.29, 1.82) is 0 Å². The molecule has 1 unspecified atom stereocenters. The normalized spacial score (nSPS) is 23.6. The van der Waals surface area contributed by atoms with E-state index in [0.717, 1.165) is 38.8 Å². The first-order chi connectivity index (χ1) is 10.1. The zero-order valence-electron chi connectivity index (χ0n) is 13.0. The smallest absolute Gasteiger partial charge is 0.279 e. The number of hydrogen-bond donors (Lipinski definition) is 2. The van der Waals surface area contributed by atoms with E-state index in [4.69, 9.17) is 4.74 Å². The molecule has 1 saturated carbocycles. The van der Waals surface area contributed by atoms with E-state index < -0.39 is 10.2 Å². The largest absolute Gasteiger partial charge is 0.378 e. The topological polar surface area (TPSA) is 70.7 Å². The fourth-order valence-electron chi connectivity index (χ4n) is 2.51. The van der Waals surface area contributed by atoms with Gasteiger partial charge in [-0.2, -0.15) is 12.7 Å². The van der Waals surface area contributed by atoms with Gasteiger partial charge in [0.05, 0.1) is 6.10 Å². The number of nitrogens with zero attached hydrogens (tertiary/aromatic N) is 1. The molecule has 0 aromatic rings. The van der Waals surface area contributed by atoms with Crippen LogP contribution >= 0.6 is 0 Å². The summed E-state index contributed by atoms with van der Waals surface area (Å²) in [5.41, 5.74) is 0. The van der Waals surface area contributed by atoms with Gasteiger partial charge in [0.15, 0.2) is 0 Å². The van der Waals surface area contributed by atoms with E-state index in [9.17, 15) is 8.42 Å². The Morgan fingerprint density at radius 1 is 1.19 bits per heavy atom. The van der Waals surface area contributed by atoms with Crippen molar-refractivity contribution in [3.05, 3.63) is 0 Å². The second kappa shape index (κ2) is 8.43. The van der Waals surface area contributed by atoms with Gasteiger partial charge in [0, 0.05) is 32.8 Å². The molecule has 2 aliphatic rings. The lowest BCUT2D eigenvalue weighted by molar-refractivity contribution is 0.0123. The van der Waals surface area contributed by atoms with Crippen LogP contribution in [0.4, 0.5) is 0 Å². The SMILES string of the molecule is CN(CCCNC1CC1)S(=O)(=O)NCCC1CCCCO1. The molecule has 0 amide bonds. The predicted octanol–water partition coefficient (Wildman–Crippen LogP) is 0.854. The lowest BCUT2D eigenvalue weighted by atomic mass is 10.1. The first-order valence-corrected chi connectivity index (χ1v) is 9.58. The third-order valence-electron chi connectivity index (χ3n) is 4.10. The first-order valence-electron chi connectivity index (χ1n) is 8.14. The summed E-state index contributed by atoms with van der Waals surface area (Å²) in [5.74, 6) is 0. The number of hydrogen-bond acceptors (Lipinski definition) is 4. The quantitative estimate of drug-likeness (QED) is 0.586. The Balaban J connectivity index is 1.57. The van der Waals surface area contributed by atoms with Crippen LogP contribution in [-0.4, -0.2) is 58.2 Å². The van der Waals surface area contributed by atoms with Crippen LogP contribution in [0.5, 0.6) is 0 Å². The molecule has 7 heteroatoms. The molecule has 1 saturated heterocycles. The number of nitrogens with one attached hydrogen (secondary N) is 2. The van der Waals surface area contributed by atoms with E-state index in [-0.39, 0.29) is 6.10 Å². The minimum atomic E-state index is -3.35. The Morgan fingerprint density at radius 3 is 2.67 bits per heavy atom. The van der Waals surface area contributed by atoms with Crippen LogP contribution in [0.3, 0.4) is 0 Å². The van der Waals surface area contributed by atoms with Crippen molar-refractivity contribution < 1.29 is 13.2 Å². The van der Waals surface area contributed by atoms with Crippen LogP contribution < -0.4 is 10.0 Å². The third kappa shape index (κ3) is 6.61. The van der Waals surface area contributed by atoms with Gasteiger partial charge in [0.25, 0.3) is 10.2 Å². The summed E-state index contributed by atoms with van der Waals surface area (Å²) in [5, 5.41) is 3.39. The fourth-order valence-corrected chi connectivity index (χ4v) is 3.48. The van der Waals surface area contributed by atoms with E-state index >= 15 is 0 Å². The highest BCUT2D eigenvalue weighted by Crippen LogP contribution is 2.18. The Kier molecular flexibility index (Phi) is 6.88. The van der Waals surface area contributed by atoms with Crippen molar-refractivity contribution in [2.75, 3.05) is 33.3 Å². The van der Waals surface area contributed by atoms with E-state index in [1.807, 2.05) is 0 Å². The highest BCUT2D eigenvalue weighted by atomic mass is 32.2. The molecular weight excluding hydrogens is 290 g/mol. The van der Waals surface area contributed by atoms with Crippen LogP contribution in [0.15, 0.2) is 0 Å². The van der Waals surface area contributed by atoms with Crippen LogP contribution in [0.2, 0.25) is 0 Å². The number of ether oxygens (including phenoxy) is 1. The van der Waals surface area contributed by atoms with Gasteiger partial charge in [-0.05, 0) is 51.5 Å². The Hall–Kier alpha value is -0.210. The zero-order chi connectivity index (χ0) is 15.1. The van der Waals surface area contributed by atoms with Crippen LogP contribution in [0.1, 0.15) is 44.9 Å². The van der Waals surface area contributed by atoms with Crippen molar-refractivity contribution in [2.24, 2.45) is 0 Å². The van der Waals surface area contributed by atoms with E-state index in [1.54, 1.807) is 7.05 Å². The summed E-state index contributed by atoms with van der Waals surface area (Å²) in [6.45, 7) is 2.71. The molecule has 1 aliphatic carbocycles. The van der Waals surface area contributed by atoms with Gasteiger partial charge in [0.1, 0.15) is 0 Å². The maximum Gasteiger partial charge on any atom is 0.279 e. The van der Waals surface area contributed by atoms with Gasteiger partial charge in [-0.25, -0.2) is 4.72 Å². The van der Waals surface area contributed by atoms with Gasteiger partial charge >= 0.3 is 0 Å². The van der Waals surface area contributed by atoms with Gasteiger partial charge < -0.3 is 10.1 Å². The standard InChI is InChI=1S/C14H29N3O3S/c1-17(11-4-9-15-13-6-7-13)21(18,19)16-10-8-14-5-2-3-12-20-14/h13-16H,2-12H2,1H3. The Bertz CT molecular complexity index is 392. The molecule has 1 heterocycles. The summed E-state index contributed by atoms with van der Waals surface area (Å²) < 4.78 is 33.8. The Labute approximate surface area is 128 Å². The summed E-state index contributed by atoms with van der Waals surface area (Å²) >= 11 is 0. The fraction of sp³-hybridized carbons (Fsp3) is 1.00. The van der Waals surface area contributed by atoms with Crippen LogP contribution in [0.25, 0.3) is 0 Å². The predicted molar refractivity (Wildman–Crippen MR) is 83.4 cm³/mol. The second-order valence-corrected chi connectivity index (χ2v) is 7.94. The van der Waals surface area contributed by atoms with E-state index in [0.29, 0.717) is 19.1 Å². The summed E-state index contributed by atoms with van der Waals surface area (Å²) in [4.78, 5) is 0. The second-order valence-electron chi connectivity index (χ2n) is 6.08. The minimum absolute atomic E-state index is 0.217. The molecule has 0 bridgehead atoms. The van der Waals surface area contributed by atoms with Crippen molar-refractivity contribution >= 4 is 10.2 Å². The van der Waals surface area contributed by atoms with Gasteiger partial charge in [-0.3, -0.25) is 0 Å². The van der Waals surface area contributed by atoms with Crippen molar-refractivity contribution in [3.8, 4) is 0 Å². The van der Waals surface area contributed by atoms with Crippen LogP contribution in [-0.2, 0) is 14.9 Å².